The van der Waals surface area contributed by atoms with Gasteiger partial charge in [-0.1, -0.05) is 30.3 Å². The molecular formula is C18H20N4O. The zero-order valence-electron chi connectivity index (χ0n) is 13.0. The molecule has 0 spiro atoms. The summed E-state index contributed by atoms with van der Waals surface area (Å²) in [7, 11) is 0. The largest absolute Gasteiger partial charge is 0.381 e. The lowest BCUT2D eigenvalue weighted by molar-refractivity contribution is 0.0614. The SMILES string of the molecule is c1ccc(-c2ncn(CC3CCOCC3)c2-c2ncc[nH]2)cc1. The first-order valence-electron chi connectivity index (χ1n) is 8.10. The number of imidazole rings is 2. The van der Waals surface area contributed by atoms with Crippen LogP contribution in [0.5, 0.6) is 0 Å². The molecule has 2 aromatic heterocycles. The van der Waals surface area contributed by atoms with Gasteiger partial charge < -0.3 is 14.3 Å². The van der Waals surface area contributed by atoms with Gasteiger partial charge in [0.25, 0.3) is 0 Å². The van der Waals surface area contributed by atoms with Crippen molar-refractivity contribution in [2.45, 2.75) is 19.4 Å². The molecule has 0 saturated carbocycles. The van der Waals surface area contributed by atoms with Gasteiger partial charge >= 0.3 is 0 Å². The van der Waals surface area contributed by atoms with Crippen LogP contribution in [0.1, 0.15) is 12.8 Å². The first-order valence-corrected chi connectivity index (χ1v) is 8.10. The molecule has 5 nitrogen and oxygen atoms in total. The molecular weight excluding hydrogens is 288 g/mol. The Hall–Kier alpha value is -2.40. The van der Waals surface area contributed by atoms with Crippen molar-refractivity contribution < 1.29 is 4.74 Å². The van der Waals surface area contributed by atoms with Gasteiger partial charge in [-0.3, -0.25) is 0 Å². The molecule has 0 amide bonds. The highest BCUT2D eigenvalue weighted by atomic mass is 16.5. The minimum atomic E-state index is 0.635. The number of hydrogen-bond donors (Lipinski definition) is 1. The number of H-pyrrole nitrogens is 1. The van der Waals surface area contributed by atoms with Gasteiger partial charge in [-0.15, -0.1) is 0 Å². The predicted octanol–water partition coefficient (Wildman–Crippen LogP) is 3.37. The lowest BCUT2D eigenvalue weighted by Crippen LogP contribution is -2.20. The van der Waals surface area contributed by atoms with Crippen molar-refractivity contribution >= 4 is 0 Å². The lowest BCUT2D eigenvalue weighted by Gasteiger charge is -2.23. The Labute approximate surface area is 135 Å². The maximum Gasteiger partial charge on any atom is 0.156 e. The van der Waals surface area contributed by atoms with Crippen LogP contribution in [0.2, 0.25) is 0 Å². The maximum absolute atomic E-state index is 5.47. The van der Waals surface area contributed by atoms with Crippen molar-refractivity contribution in [3.8, 4) is 22.8 Å². The summed E-state index contributed by atoms with van der Waals surface area (Å²) in [5, 5.41) is 0. The van der Waals surface area contributed by atoms with Gasteiger partial charge in [-0.2, -0.15) is 0 Å². The number of ether oxygens (including phenoxy) is 1. The molecule has 5 heteroatoms. The molecule has 0 radical (unpaired) electrons. The second kappa shape index (κ2) is 6.38. The normalized spacial score (nSPS) is 15.8. The molecule has 0 atom stereocenters. The Morgan fingerprint density at radius 3 is 2.70 bits per heavy atom. The molecule has 1 aliphatic rings. The molecule has 23 heavy (non-hydrogen) atoms. The zero-order chi connectivity index (χ0) is 15.5. The number of nitrogens with zero attached hydrogens (tertiary/aromatic N) is 3. The molecule has 0 unspecified atom stereocenters. The fourth-order valence-corrected chi connectivity index (χ4v) is 3.18. The monoisotopic (exact) mass is 308 g/mol. The average Bonchev–Trinajstić information content (AvgIpc) is 3.26. The Morgan fingerprint density at radius 2 is 1.96 bits per heavy atom. The van der Waals surface area contributed by atoms with E-state index in [2.05, 4.69) is 31.7 Å². The minimum Gasteiger partial charge on any atom is -0.381 e. The van der Waals surface area contributed by atoms with Gasteiger partial charge in [0.15, 0.2) is 5.82 Å². The Morgan fingerprint density at radius 1 is 1.13 bits per heavy atom. The predicted molar refractivity (Wildman–Crippen MR) is 88.8 cm³/mol. The zero-order valence-corrected chi connectivity index (χ0v) is 13.0. The van der Waals surface area contributed by atoms with Crippen LogP contribution in [-0.2, 0) is 11.3 Å². The molecule has 118 valence electrons. The van der Waals surface area contributed by atoms with Crippen molar-refractivity contribution in [3.05, 3.63) is 49.1 Å². The number of benzene rings is 1. The molecule has 0 bridgehead atoms. The molecule has 4 rings (SSSR count). The quantitative estimate of drug-likeness (QED) is 0.804. The first kappa shape index (κ1) is 14.2. The summed E-state index contributed by atoms with van der Waals surface area (Å²) in [5.41, 5.74) is 3.16. The average molecular weight is 308 g/mol. The molecule has 1 saturated heterocycles. The van der Waals surface area contributed by atoms with Gasteiger partial charge in [0.2, 0.25) is 0 Å². The summed E-state index contributed by atoms with van der Waals surface area (Å²) in [5.74, 6) is 1.50. The van der Waals surface area contributed by atoms with Crippen molar-refractivity contribution in [2.75, 3.05) is 13.2 Å². The number of nitrogens with one attached hydrogen (secondary N) is 1. The van der Waals surface area contributed by atoms with Crippen LogP contribution in [0.15, 0.2) is 49.1 Å². The van der Waals surface area contributed by atoms with E-state index in [1.165, 1.54) is 0 Å². The van der Waals surface area contributed by atoms with Crippen molar-refractivity contribution in [2.24, 2.45) is 5.92 Å². The van der Waals surface area contributed by atoms with Crippen molar-refractivity contribution in [3.63, 3.8) is 0 Å². The molecule has 0 aliphatic carbocycles. The molecule has 1 fully saturated rings. The van der Waals surface area contributed by atoms with E-state index in [0.717, 1.165) is 55.4 Å². The summed E-state index contributed by atoms with van der Waals surface area (Å²) in [4.78, 5) is 12.4. The molecule has 1 aliphatic heterocycles. The highest BCUT2D eigenvalue weighted by Crippen LogP contribution is 2.30. The van der Waals surface area contributed by atoms with Crippen LogP contribution in [0.25, 0.3) is 22.8 Å². The lowest BCUT2D eigenvalue weighted by atomic mass is 10.00. The van der Waals surface area contributed by atoms with Crippen LogP contribution in [0, 0.1) is 5.92 Å². The van der Waals surface area contributed by atoms with Crippen LogP contribution in [0.4, 0.5) is 0 Å². The molecule has 1 N–H and O–H groups in total. The second-order valence-corrected chi connectivity index (χ2v) is 5.95. The van der Waals surface area contributed by atoms with Crippen molar-refractivity contribution in [1.82, 2.24) is 19.5 Å². The smallest absolute Gasteiger partial charge is 0.156 e. The molecule has 3 aromatic rings. The number of rotatable bonds is 4. The third kappa shape index (κ3) is 2.92. The minimum absolute atomic E-state index is 0.635. The maximum atomic E-state index is 5.47. The van der Waals surface area contributed by atoms with Crippen LogP contribution in [-0.4, -0.2) is 32.7 Å². The van der Waals surface area contributed by atoms with E-state index in [0.29, 0.717) is 5.92 Å². The second-order valence-electron chi connectivity index (χ2n) is 5.95. The van der Waals surface area contributed by atoms with E-state index in [-0.39, 0.29) is 0 Å². The summed E-state index contributed by atoms with van der Waals surface area (Å²) in [6, 6.07) is 10.3. The summed E-state index contributed by atoms with van der Waals surface area (Å²) in [6.07, 6.45) is 7.80. The van der Waals surface area contributed by atoms with Crippen LogP contribution >= 0.6 is 0 Å². The van der Waals surface area contributed by atoms with E-state index in [1.807, 2.05) is 30.7 Å². The van der Waals surface area contributed by atoms with Crippen LogP contribution in [0.3, 0.4) is 0 Å². The van der Waals surface area contributed by atoms with E-state index >= 15 is 0 Å². The number of aromatic nitrogens is 4. The third-order valence-electron chi connectivity index (χ3n) is 4.40. The summed E-state index contributed by atoms with van der Waals surface area (Å²) >= 11 is 0. The fourth-order valence-electron chi connectivity index (χ4n) is 3.18. The van der Waals surface area contributed by atoms with E-state index in [4.69, 9.17) is 4.74 Å². The van der Waals surface area contributed by atoms with Gasteiger partial charge in [-0.05, 0) is 18.8 Å². The Balaban J connectivity index is 1.73. The van der Waals surface area contributed by atoms with Gasteiger partial charge in [0.1, 0.15) is 5.69 Å². The van der Waals surface area contributed by atoms with Crippen LogP contribution < -0.4 is 0 Å². The number of hydrogen-bond acceptors (Lipinski definition) is 3. The highest BCUT2D eigenvalue weighted by molar-refractivity contribution is 5.75. The van der Waals surface area contributed by atoms with E-state index in [1.54, 1.807) is 6.20 Å². The Kier molecular flexibility index (Phi) is 3.94. The van der Waals surface area contributed by atoms with Crippen molar-refractivity contribution in [1.29, 1.82) is 0 Å². The topological polar surface area (TPSA) is 55.7 Å². The molecule has 3 heterocycles. The summed E-state index contributed by atoms with van der Waals surface area (Å²) < 4.78 is 7.70. The summed E-state index contributed by atoms with van der Waals surface area (Å²) in [6.45, 7) is 2.68. The van der Waals surface area contributed by atoms with E-state index in [9.17, 15) is 0 Å². The van der Waals surface area contributed by atoms with Gasteiger partial charge in [0, 0.05) is 37.7 Å². The Bertz CT molecular complexity index is 743. The standard InChI is InChI=1S/C18H20N4O/c1-2-4-15(5-3-1)16-17(18-19-8-9-20-18)22(13-21-16)12-14-6-10-23-11-7-14/h1-5,8-9,13-14H,6-7,10-12H2,(H,19,20). The van der Waals surface area contributed by atoms with Gasteiger partial charge in [0.05, 0.1) is 12.0 Å². The fraction of sp³-hybridized carbons (Fsp3) is 0.333. The highest BCUT2D eigenvalue weighted by Gasteiger charge is 2.20. The van der Waals surface area contributed by atoms with Gasteiger partial charge in [-0.25, -0.2) is 9.97 Å². The number of aromatic amines is 1. The first-order chi connectivity index (χ1) is 11.4. The van der Waals surface area contributed by atoms with E-state index < -0.39 is 0 Å². The third-order valence-corrected chi connectivity index (χ3v) is 4.40. The molecule has 1 aromatic carbocycles.